The van der Waals surface area contributed by atoms with E-state index in [4.69, 9.17) is 10.5 Å². The second-order valence-corrected chi connectivity index (χ2v) is 4.94. The first kappa shape index (κ1) is 16.2. The van der Waals surface area contributed by atoms with Crippen LogP contribution in [-0.4, -0.2) is 29.9 Å². The van der Waals surface area contributed by atoms with Crippen molar-refractivity contribution < 1.29 is 22.8 Å². The molecule has 0 saturated carbocycles. The van der Waals surface area contributed by atoms with Crippen molar-refractivity contribution >= 4 is 11.5 Å². The molecule has 0 aromatic heterocycles. The van der Waals surface area contributed by atoms with E-state index >= 15 is 0 Å². The highest BCUT2D eigenvalue weighted by Crippen LogP contribution is 2.46. The third-order valence-electron chi connectivity index (χ3n) is 3.59. The van der Waals surface area contributed by atoms with E-state index in [0.717, 1.165) is 18.2 Å². The molecule has 6 nitrogen and oxygen atoms in total. The Hall–Kier alpha value is -2.16. The number of nitrogens with two attached hydrogens (primary N) is 1. The number of hydrogen-bond acceptors (Lipinski definition) is 5. The molecule has 2 rings (SSSR count). The molecule has 0 spiro atoms. The number of halogens is 3. The van der Waals surface area contributed by atoms with Crippen LogP contribution in [-0.2, 0) is 10.3 Å². The summed E-state index contributed by atoms with van der Waals surface area (Å²) in [6, 6.07) is 2.45. The van der Waals surface area contributed by atoms with Crippen molar-refractivity contribution in [3.63, 3.8) is 0 Å². The number of ether oxygens (including phenoxy) is 1. The van der Waals surface area contributed by atoms with E-state index in [-0.39, 0.29) is 18.9 Å². The normalized spacial score (nSPS) is 24.5. The predicted molar refractivity (Wildman–Crippen MR) is 72.4 cm³/mol. The molecule has 22 heavy (non-hydrogen) atoms. The summed E-state index contributed by atoms with van der Waals surface area (Å²) in [5.41, 5.74) is 2.12. The molecule has 1 aliphatic heterocycles. The average molecular weight is 317 g/mol. The number of aliphatic imine (C=N–C) groups is 1. The van der Waals surface area contributed by atoms with Crippen LogP contribution in [0.5, 0.6) is 0 Å². The molecule has 9 heteroatoms. The number of nitro groups is 1. The van der Waals surface area contributed by atoms with Gasteiger partial charge in [0.2, 0.25) is 0 Å². The predicted octanol–water partition coefficient (Wildman–Crippen LogP) is 2.36. The lowest BCUT2D eigenvalue weighted by atomic mass is 9.81. The van der Waals surface area contributed by atoms with E-state index in [9.17, 15) is 23.3 Å². The molecule has 0 amide bonds. The summed E-state index contributed by atoms with van der Waals surface area (Å²) in [5.74, 6) is -4.80. The Balaban J connectivity index is 2.74. The maximum atomic E-state index is 14.5. The van der Waals surface area contributed by atoms with Gasteiger partial charge in [0.15, 0.2) is 5.54 Å². The lowest BCUT2D eigenvalue weighted by Gasteiger charge is -2.35. The zero-order valence-corrected chi connectivity index (χ0v) is 11.7. The van der Waals surface area contributed by atoms with Crippen LogP contribution in [0.1, 0.15) is 18.9 Å². The van der Waals surface area contributed by atoms with Crippen molar-refractivity contribution in [1.29, 1.82) is 0 Å². The summed E-state index contributed by atoms with van der Waals surface area (Å²) < 4.78 is 48.0. The Labute approximate surface area is 123 Å². The van der Waals surface area contributed by atoms with Gasteiger partial charge in [-0.3, -0.25) is 15.1 Å². The molecule has 1 aromatic rings. The minimum atomic E-state index is -3.57. The number of hydrogen-bond donors (Lipinski definition) is 1. The van der Waals surface area contributed by atoms with Crippen LogP contribution in [0.4, 0.5) is 18.9 Å². The van der Waals surface area contributed by atoms with E-state index in [1.807, 2.05) is 0 Å². The van der Waals surface area contributed by atoms with Crippen molar-refractivity contribution in [3.8, 4) is 0 Å². The minimum Gasteiger partial charge on any atom is -0.385 e. The summed E-state index contributed by atoms with van der Waals surface area (Å²) in [7, 11) is 0. The molecule has 120 valence electrons. The first-order valence-corrected chi connectivity index (χ1v) is 6.47. The third-order valence-corrected chi connectivity index (χ3v) is 3.59. The van der Waals surface area contributed by atoms with Crippen LogP contribution in [0.15, 0.2) is 23.2 Å². The van der Waals surface area contributed by atoms with Gasteiger partial charge in [-0.25, -0.2) is 13.2 Å². The average Bonchev–Trinajstić information content (AvgIpc) is 2.55. The fourth-order valence-corrected chi connectivity index (χ4v) is 2.49. The van der Waals surface area contributed by atoms with Gasteiger partial charge in [0, 0.05) is 17.7 Å². The maximum absolute atomic E-state index is 14.5. The smallest absolute Gasteiger partial charge is 0.299 e. The molecule has 1 heterocycles. The van der Waals surface area contributed by atoms with E-state index in [1.54, 1.807) is 0 Å². The van der Waals surface area contributed by atoms with Gasteiger partial charge in [-0.1, -0.05) is 6.92 Å². The highest BCUT2D eigenvalue weighted by Gasteiger charge is 2.56. The molecular formula is C13H14F3N3O3. The number of alkyl halides is 2. The highest BCUT2D eigenvalue weighted by molar-refractivity contribution is 5.82. The number of rotatable bonds is 3. The van der Waals surface area contributed by atoms with Gasteiger partial charge in [0.1, 0.15) is 24.9 Å². The topological polar surface area (TPSA) is 90.8 Å². The Morgan fingerprint density at radius 1 is 1.50 bits per heavy atom. The number of nitrogens with zero attached hydrogens (tertiary/aromatic N) is 2. The zero-order valence-electron chi connectivity index (χ0n) is 11.7. The second-order valence-electron chi connectivity index (χ2n) is 4.94. The molecule has 0 radical (unpaired) electrons. The van der Waals surface area contributed by atoms with Crippen molar-refractivity contribution in [1.82, 2.24) is 0 Å². The van der Waals surface area contributed by atoms with Crippen LogP contribution in [0.25, 0.3) is 0 Å². The van der Waals surface area contributed by atoms with E-state index < -0.39 is 40.1 Å². The fraction of sp³-hybridized carbons (Fsp3) is 0.462. The molecule has 0 fully saturated rings. The summed E-state index contributed by atoms with van der Waals surface area (Å²) in [4.78, 5) is 13.8. The molecule has 0 aliphatic carbocycles. The number of benzene rings is 1. The van der Waals surface area contributed by atoms with Crippen molar-refractivity contribution in [2.45, 2.75) is 24.8 Å². The van der Waals surface area contributed by atoms with Crippen LogP contribution < -0.4 is 5.73 Å². The number of non-ortho nitro benzene ring substituents is 1. The minimum absolute atomic E-state index is 0.218. The number of amidine groups is 1. The second kappa shape index (κ2) is 5.56. The molecular weight excluding hydrogens is 303 g/mol. The van der Waals surface area contributed by atoms with Crippen LogP contribution in [0, 0.1) is 15.9 Å². The molecule has 0 bridgehead atoms. The van der Waals surface area contributed by atoms with E-state index in [1.165, 1.54) is 6.92 Å². The van der Waals surface area contributed by atoms with Crippen molar-refractivity contribution in [3.05, 3.63) is 39.7 Å². The molecule has 0 saturated heterocycles. The monoisotopic (exact) mass is 317 g/mol. The van der Waals surface area contributed by atoms with Crippen molar-refractivity contribution in [2.75, 3.05) is 13.2 Å². The Morgan fingerprint density at radius 2 is 2.18 bits per heavy atom. The lowest BCUT2D eigenvalue weighted by molar-refractivity contribution is -0.385. The van der Waals surface area contributed by atoms with E-state index in [2.05, 4.69) is 4.99 Å². The summed E-state index contributed by atoms with van der Waals surface area (Å²) >= 11 is 0. The summed E-state index contributed by atoms with van der Waals surface area (Å²) in [6.07, 6.45) is -0.303. The third kappa shape index (κ3) is 2.52. The van der Waals surface area contributed by atoms with Gasteiger partial charge in [-0.05, 0) is 12.5 Å². The van der Waals surface area contributed by atoms with E-state index in [0.29, 0.717) is 0 Å². The zero-order chi connectivity index (χ0) is 16.5. The highest BCUT2D eigenvalue weighted by atomic mass is 19.3. The van der Waals surface area contributed by atoms with Gasteiger partial charge >= 0.3 is 0 Å². The Morgan fingerprint density at radius 3 is 2.77 bits per heavy atom. The van der Waals surface area contributed by atoms with Gasteiger partial charge < -0.3 is 10.5 Å². The molecule has 2 N–H and O–H groups in total. The molecule has 1 unspecified atom stereocenters. The number of nitro benzene ring substituents is 1. The molecule has 1 atom stereocenters. The molecule has 1 aliphatic rings. The first-order valence-electron chi connectivity index (χ1n) is 6.47. The van der Waals surface area contributed by atoms with Gasteiger partial charge in [-0.15, -0.1) is 0 Å². The van der Waals surface area contributed by atoms with Crippen molar-refractivity contribution in [2.24, 2.45) is 10.7 Å². The maximum Gasteiger partial charge on any atom is 0.299 e. The SMILES string of the molecule is CCC1(c2cc([N+](=O)[O-])ccc2F)N=C(N)COCC1(F)F. The quantitative estimate of drug-likeness (QED) is 0.684. The lowest BCUT2D eigenvalue weighted by Crippen LogP contribution is -2.47. The van der Waals surface area contributed by atoms with Gasteiger partial charge in [0.05, 0.1) is 4.92 Å². The van der Waals surface area contributed by atoms with Gasteiger partial charge in [0.25, 0.3) is 11.6 Å². The largest absolute Gasteiger partial charge is 0.385 e. The van der Waals surface area contributed by atoms with Crippen LogP contribution >= 0.6 is 0 Å². The van der Waals surface area contributed by atoms with Crippen LogP contribution in [0.2, 0.25) is 0 Å². The fourth-order valence-electron chi connectivity index (χ4n) is 2.49. The Kier molecular flexibility index (Phi) is 4.10. The van der Waals surface area contributed by atoms with Crippen LogP contribution in [0.3, 0.4) is 0 Å². The van der Waals surface area contributed by atoms with Gasteiger partial charge in [-0.2, -0.15) is 0 Å². The summed E-state index contributed by atoms with van der Waals surface area (Å²) in [6.45, 7) is 0.0648. The Bertz CT molecular complexity index is 636. The first-order chi connectivity index (χ1) is 10.2. The molecule has 1 aromatic carbocycles. The summed E-state index contributed by atoms with van der Waals surface area (Å²) in [5, 5.41) is 10.8. The standard InChI is InChI=1S/C13H14F3N3O3/c1-2-12(13(15,16)7-22-6-11(17)18-12)9-5-8(19(20)21)3-4-10(9)14/h3-5H,2,6-7H2,1H3,(H2,17,18).